The van der Waals surface area contributed by atoms with Crippen LogP contribution in [0.15, 0.2) is 5.51 Å². The minimum absolute atomic E-state index is 0.845. The van der Waals surface area contributed by atoms with Crippen LogP contribution in [0.5, 0.6) is 0 Å². The van der Waals surface area contributed by atoms with E-state index in [2.05, 4.69) is 33.9 Å². The number of nitrogens with zero attached hydrogens (tertiary/aromatic N) is 2. The first-order valence-corrected chi connectivity index (χ1v) is 9.74. The highest BCUT2D eigenvalue weighted by molar-refractivity contribution is 7.99. The Labute approximate surface area is 130 Å². The molecule has 1 aromatic rings. The van der Waals surface area contributed by atoms with Gasteiger partial charge in [-0.3, -0.25) is 4.90 Å². The molecule has 2 aliphatic heterocycles. The molecule has 2 fully saturated rings. The van der Waals surface area contributed by atoms with E-state index in [1.165, 1.54) is 61.1 Å². The van der Waals surface area contributed by atoms with Crippen LogP contribution in [0.1, 0.15) is 23.4 Å². The Hall–Kier alpha value is -0.100. The molecule has 0 amide bonds. The lowest BCUT2D eigenvalue weighted by atomic mass is 10.1. The number of aryl methyl sites for hydroxylation is 1. The van der Waals surface area contributed by atoms with Crippen molar-refractivity contribution in [3.05, 3.63) is 16.1 Å². The average Bonchev–Trinajstić information content (AvgIpc) is 3.15. The fourth-order valence-electron chi connectivity index (χ4n) is 3.21. The number of nitrogens with one attached hydrogen (secondary N) is 1. The molecule has 2 atom stereocenters. The zero-order valence-corrected chi connectivity index (χ0v) is 13.9. The van der Waals surface area contributed by atoms with Crippen LogP contribution in [0.25, 0.3) is 0 Å². The van der Waals surface area contributed by atoms with Gasteiger partial charge in [0.25, 0.3) is 0 Å². The van der Waals surface area contributed by atoms with Crippen molar-refractivity contribution in [2.45, 2.75) is 26.3 Å². The Morgan fingerprint density at radius 3 is 2.90 bits per heavy atom. The summed E-state index contributed by atoms with van der Waals surface area (Å²) in [6, 6.07) is 0. The van der Waals surface area contributed by atoms with Gasteiger partial charge in [-0.05, 0) is 56.2 Å². The van der Waals surface area contributed by atoms with Crippen LogP contribution in [0.2, 0.25) is 0 Å². The van der Waals surface area contributed by atoms with Crippen molar-refractivity contribution in [1.29, 1.82) is 0 Å². The molecule has 3 nitrogen and oxygen atoms in total. The number of thiazole rings is 1. The van der Waals surface area contributed by atoms with E-state index in [1.54, 1.807) is 0 Å². The Kier molecular flexibility index (Phi) is 5.37. The highest BCUT2D eigenvalue weighted by Crippen LogP contribution is 2.26. The molecule has 0 aromatic carbocycles. The maximum Gasteiger partial charge on any atom is 0.0798 e. The third kappa shape index (κ3) is 3.97. The summed E-state index contributed by atoms with van der Waals surface area (Å²) >= 11 is 3.95. The van der Waals surface area contributed by atoms with Crippen LogP contribution in [0, 0.1) is 18.8 Å². The first-order chi connectivity index (χ1) is 9.81. The van der Waals surface area contributed by atoms with E-state index in [0.29, 0.717) is 0 Å². The normalized spacial score (nSPS) is 26.7. The zero-order chi connectivity index (χ0) is 13.8. The van der Waals surface area contributed by atoms with Gasteiger partial charge in [-0.2, -0.15) is 11.8 Å². The van der Waals surface area contributed by atoms with Gasteiger partial charge in [0.2, 0.25) is 0 Å². The van der Waals surface area contributed by atoms with E-state index < -0.39 is 0 Å². The van der Waals surface area contributed by atoms with Gasteiger partial charge in [0.05, 0.1) is 11.2 Å². The van der Waals surface area contributed by atoms with Gasteiger partial charge in [-0.15, -0.1) is 11.3 Å². The van der Waals surface area contributed by atoms with Gasteiger partial charge >= 0.3 is 0 Å². The van der Waals surface area contributed by atoms with Gasteiger partial charge in [-0.1, -0.05) is 0 Å². The summed E-state index contributed by atoms with van der Waals surface area (Å²) in [5.74, 6) is 4.48. The second-order valence-corrected chi connectivity index (χ2v) is 8.23. The minimum Gasteiger partial charge on any atom is -0.316 e. The van der Waals surface area contributed by atoms with Gasteiger partial charge in [-0.25, -0.2) is 4.98 Å². The van der Waals surface area contributed by atoms with Crippen molar-refractivity contribution in [3.8, 4) is 0 Å². The molecule has 20 heavy (non-hydrogen) atoms. The Morgan fingerprint density at radius 1 is 1.35 bits per heavy atom. The van der Waals surface area contributed by atoms with Crippen molar-refractivity contribution in [1.82, 2.24) is 15.2 Å². The van der Waals surface area contributed by atoms with Crippen LogP contribution in [0.3, 0.4) is 0 Å². The molecule has 3 heterocycles. The van der Waals surface area contributed by atoms with Crippen molar-refractivity contribution < 1.29 is 0 Å². The smallest absolute Gasteiger partial charge is 0.0798 e. The molecular weight excluding hydrogens is 286 g/mol. The van der Waals surface area contributed by atoms with Crippen molar-refractivity contribution >= 4 is 23.1 Å². The number of hydrogen-bond donors (Lipinski definition) is 1. The molecular formula is C15H25N3S2. The van der Waals surface area contributed by atoms with Crippen LogP contribution in [-0.4, -0.2) is 47.6 Å². The predicted molar refractivity (Wildman–Crippen MR) is 88.5 cm³/mol. The molecule has 0 saturated carbocycles. The summed E-state index contributed by atoms with van der Waals surface area (Å²) in [6.45, 7) is 8.20. The molecule has 2 saturated heterocycles. The van der Waals surface area contributed by atoms with Gasteiger partial charge in [0.1, 0.15) is 0 Å². The second-order valence-electron chi connectivity index (χ2n) is 6.14. The third-order valence-electron chi connectivity index (χ3n) is 4.43. The molecule has 0 spiro atoms. The fraction of sp³-hybridized carbons (Fsp3) is 0.800. The monoisotopic (exact) mass is 311 g/mol. The zero-order valence-electron chi connectivity index (χ0n) is 12.3. The summed E-state index contributed by atoms with van der Waals surface area (Å²) in [5.41, 5.74) is 3.22. The third-order valence-corrected chi connectivity index (χ3v) is 6.58. The summed E-state index contributed by atoms with van der Waals surface area (Å²) in [4.78, 5) is 8.57. The summed E-state index contributed by atoms with van der Waals surface area (Å²) < 4.78 is 0. The van der Waals surface area contributed by atoms with E-state index in [4.69, 9.17) is 0 Å². The van der Waals surface area contributed by atoms with E-state index in [-0.39, 0.29) is 0 Å². The summed E-state index contributed by atoms with van der Waals surface area (Å²) in [7, 11) is 0. The maximum atomic E-state index is 4.41. The largest absolute Gasteiger partial charge is 0.316 e. The molecule has 0 aliphatic carbocycles. The van der Waals surface area contributed by atoms with Gasteiger partial charge in [0, 0.05) is 24.5 Å². The molecule has 3 rings (SSSR count). The van der Waals surface area contributed by atoms with Gasteiger partial charge < -0.3 is 5.32 Å². The predicted octanol–water partition coefficient (Wildman–Crippen LogP) is 2.62. The molecule has 2 unspecified atom stereocenters. The van der Waals surface area contributed by atoms with Crippen LogP contribution in [-0.2, 0) is 6.54 Å². The lowest BCUT2D eigenvalue weighted by Crippen LogP contribution is -2.34. The fourth-order valence-corrected chi connectivity index (χ4v) is 5.30. The minimum atomic E-state index is 0.845. The lowest BCUT2D eigenvalue weighted by Gasteiger charge is -2.27. The first-order valence-electron chi connectivity index (χ1n) is 7.71. The molecule has 5 heteroatoms. The van der Waals surface area contributed by atoms with Crippen molar-refractivity contribution in [2.24, 2.45) is 11.8 Å². The lowest BCUT2D eigenvalue weighted by molar-refractivity contribution is 0.203. The summed E-state index contributed by atoms with van der Waals surface area (Å²) in [5, 5.41) is 3.50. The van der Waals surface area contributed by atoms with Crippen LogP contribution < -0.4 is 5.32 Å². The van der Waals surface area contributed by atoms with Crippen molar-refractivity contribution in [3.63, 3.8) is 0 Å². The number of hydrogen-bond acceptors (Lipinski definition) is 5. The Bertz CT molecular complexity index is 391. The number of rotatable bonds is 6. The number of thioether (sulfide) groups is 1. The van der Waals surface area contributed by atoms with E-state index in [1.807, 2.05) is 16.8 Å². The highest BCUT2D eigenvalue weighted by Gasteiger charge is 2.23. The molecule has 112 valence electrons. The molecule has 2 aliphatic rings. The standard InChI is InChI=1S/C15H25N3S2/c1-12-15(20-11-17-12)9-18(7-13-2-4-16-6-13)8-14-3-5-19-10-14/h11,13-14,16H,2-10H2,1H3. The Morgan fingerprint density at radius 2 is 2.25 bits per heavy atom. The van der Waals surface area contributed by atoms with Gasteiger partial charge in [0.15, 0.2) is 0 Å². The maximum absolute atomic E-state index is 4.41. The average molecular weight is 312 g/mol. The van der Waals surface area contributed by atoms with Crippen LogP contribution >= 0.6 is 23.1 Å². The van der Waals surface area contributed by atoms with Crippen molar-refractivity contribution in [2.75, 3.05) is 37.7 Å². The first kappa shape index (κ1) is 14.8. The quantitative estimate of drug-likeness (QED) is 0.874. The second kappa shape index (κ2) is 7.25. The summed E-state index contributed by atoms with van der Waals surface area (Å²) in [6.07, 6.45) is 2.75. The SMILES string of the molecule is Cc1ncsc1CN(CC1CCNC1)CC1CCSC1. The molecule has 1 aromatic heterocycles. The van der Waals surface area contributed by atoms with E-state index >= 15 is 0 Å². The van der Waals surface area contributed by atoms with Crippen LogP contribution in [0.4, 0.5) is 0 Å². The molecule has 0 bridgehead atoms. The van der Waals surface area contributed by atoms with E-state index in [9.17, 15) is 0 Å². The molecule has 0 radical (unpaired) electrons. The number of aromatic nitrogens is 1. The van der Waals surface area contributed by atoms with E-state index in [0.717, 1.165) is 18.4 Å². The molecule has 1 N–H and O–H groups in total. The topological polar surface area (TPSA) is 28.2 Å². The highest BCUT2D eigenvalue weighted by atomic mass is 32.2. The Balaban J connectivity index is 1.60.